The number of imidazole rings is 1. The maximum Gasteiger partial charge on any atom is 0.163 e. The summed E-state index contributed by atoms with van der Waals surface area (Å²) in [5.74, 6) is 1.40. The fourth-order valence-electron chi connectivity index (χ4n) is 2.42. The first kappa shape index (κ1) is 12.0. The number of benzene rings is 2. The van der Waals surface area contributed by atoms with Crippen LogP contribution in [0.5, 0.6) is 11.5 Å². The first-order valence-corrected chi connectivity index (χ1v) is 6.56. The Labute approximate surface area is 119 Å². The number of hydrogen-bond donors (Lipinski definition) is 2. The number of H-pyrrole nitrogens is 1. The summed E-state index contributed by atoms with van der Waals surface area (Å²) in [5.41, 5.74) is 7.90. The molecule has 1 aliphatic rings. The Morgan fingerprint density at radius 3 is 2.71 bits per heavy atom. The van der Waals surface area contributed by atoms with E-state index < -0.39 is 5.82 Å². The molecule has 0 saturated heterocycles. The van der Waals surface area contributed by atoms with Crippen molar-refractivity contribution in [3.05, 3.63) is 36.1 Å². The van der Waals surface area contributed by atoms with Crippen LogP contribution in [0.15, 0.2) is 30.3 Å². The van der Waals surface area contributed by atoms with E-state index in [0.717, 1.165) is 11.0 Å². The van der Waals surface area contributed by atoms with Crippen LogP contribution in [0.2, 0.25) is 0 Å². The summed E-state index contributed by atoms with van der Waals surface area (Å²) >= 11 is 0. The number of aromatic amines is 1. The molecule has 1 aliphatic heterocycles. The van der Waals surface area contributed by atoms with Crippen molar-refractivity contribution in [2.75, 3.05) is 18.9 Å². The smallest absolute Gasteiger partial charge is 0.163 e. The molecule has 0 radical (unpaired) electrons. The van der Waals surface area contributed by atoms with E-state index >= 15 is 0 Å². The van der Waals surface area contributed by atoms with Crippen LogP contribution in [0, 0.1) is 5.82 Å². The summed E-state index contributed by atoms with van der Waals surface area (Å²) in [4.78, 5) is 7.59. The lowest BCUT2D eigenvalue weighted by molar-refractivity contribution is 0.172. The van der Waals surface area contributed by atoms with E-state index in [4.69, 9.17) is 15.2 Å². The molecule has 0 bridgehead atoms. The molecule has 106 valence electrons. The number of rotatable bonds is 1. The van der Waals surface area contributed by atoms with Crippen molar-refractivity contribution in [1.82, 2.24) is 9.97 Å². The number of nitrogens with zero attached hydrogens (tertiary/aromatic N) is 1. The topological polar surface area (TPSA) is 73.2 Å². The lowest BCUT2D eigenvalue weighted by atomic mass is 10.1. The van der Waals surface area contributed by atoms with Crippen LogP contribution in [0.3, 0.4) is 0 Å². The highest BCUT2D eigenvalue weighted by Crippen LogP contribution is 2.35. The molecule has 0 atom stereocenters. The molecular weight excluding hydrogens is 273 g/mol. The Hall–Kier alpha value is -2.76. The normalized spacial score (nSPS) is 13.6. The molecule has 4 rings (SSSR count). The van der Waals surface area contributed by atoms with E-state index in [0.29, 0.717) is 36.1 Å². The van der Waals surface area contributed by atoms with Crippen molar-refractivity contribution in [3.63, 3.8) is 0 Å². The molecular formula is C15H12FN3O2. The highest BCUT2D eigenvalue weighted by molar-refractivity contribution is 5.85. The Kier molecular flexibility index (Phi) is 2.50. The lowest BCUT2D eigenvalue weighted by Gasteiger charge is -2.17. The predicted molar refractivity (Wildman–Crippen MR) is 76.9 cm³/mol. The second-order valence-corrected chi connectivity index (χ2v) is 4.80. The van der Waals surface area contributed by atoms with Crippen molar-refractivity contribution in [2.24, 2.45) is 0 Å². The van der Waals surface area contributed by atoms with Crippen LogP contribution in [-0.4, -0.2) is 23.2 Å². The van der Waals surface area contributed by atoms with Gasteiger partial charge in [0, 0.05) is 17.7 Å². The quantitative estimate of drug-likeness (QED) is 0.674. The zero-order valence-corrected chi connectivity index (χ0v) is 11.0. The van der Waals surface area contributed by atoms with E-state index in [-0.39, 0.29) is 5.69 Å². The third-order valence-corrected chi connectivity index (χ3v) is 3.45. The fraction of sp³-hybridized carbons (Fsp3) is 0.133. The molecule has 1 aromatic heterocycles. The standard InChI is InChI=1S/C15H12FN3O2/c16-9-3-1-2-8(14(9)17)15-18-10-6-12-13(7-11(10)19-15)21-5-4-20-12/h1-3,6-7H,4-5,17H2,(H,18,19). The molecule has 3 N–H and O–H groups in total. The van der Waals surface area contributed by atoms with E-state index in [1.54, 1.807) is 18.2 Å². The number of aromatic nitrogens is 2. The first-order chi connectivity index (χ1) is 10.2. The average molecular weight is 285 g/mol. The van der Waals surface area contributed by atoms with Gasteiger partial charge in [0.05, 0.1) is 16.7 Å². The van der Waals surface area contributed by atoms with E-state index in [1.807, 2.05) is 6.07 Å². The molecule has 21 heavy (non-hydrogen) atoms. The van der Waals surface area contributed by atoms with Crippen LogP contribution in [-0.2, 0) is 0 Å². The maximum absolute atomic E-state index is 13.6. The van der Waals surface area contributed by atoms with Gasteiger partial charge in [0.1, 0.15) is 24.9 Å². The summed E-state index contributed by atoms with van der Waals surface area (Å²) in [6, 6.07) is 8.28. The molecule has 3 aromatic rings. The molecule has 0 aliphatic carbocycles. The largest absolute Gasteiger partial charge is 0.486 e. The fourth-order valence-corrected chi connectivity index (χ4v) is 2.42. The van der Waals surface area contributed by atoms with E-state index in [9.17, 15) is 4.39 Å². The Morgan fingerprint density at radius 2 is 1.90 bits per heavy atom. The molecule has 0 unspecified atom stereocenters. The summed E-state index contributed by atoms with van der Waals surface area (Å²) < 4.78 is 24.6. The number of ether oxygens (including phenoxy) is 2. The predicted octanol–water partition coefficient (Wildman–Crippen LogP) is 2.72. The van der Waals surface area contributed by atoms with Gasteiger partial charge in [-0.1, -0.05) is 6.07 Å². The summed E-state index contributed by atoms with van der Waals surface area (Å²) in [6.07, 6.45) is 0. The lowest BCUT2D eigenvalue weighted by Crippen LogP contribution is -2.15. The third kappa shape index (κ3) is 1.87. The third-order valence-electron chi connectivity index (χ3n) is 3.45. The van der Waals surface area contributed by atoms with Gasteiger partial charge in [-0.25, -0.2) is 9.37 Å². The summed E-state index contributed by atoms with van der Waals surface area (Å²) in [5, 5.41) is 0. The minimum Gasteiger partial charge on any atom is -0.486 e. The maximum atomic E-state index is 13.6. The van der Waals surface area contributed by atoms with Gasteiger partial charge in [0.2, 0.25) is 0 Å². The monoisotopic (exact) mass is 285 g/mol. The van der Waals surface area contributed by atoms with Crippen molar-refractivity contribution in [1.29, 1.82) is 0 Å². The van der Waals surface area contributed by atoms with Gasteiger partial charge in [-0.15, -0.1) is 0 Å². The van der Waals surface area contributed by atoms with Crippen molar-refractivity contribution >= 4 is 16.7 Å². The molecule has 6 heteroatoms. The Bertz CT molecular complexity index is 801. The van der Waals surface area contributed by atoms with Crippen LogP contribution < -0.4 is 15.2 Å². The second kappa shape index (κ2) is 4.37. The Morgan fingerprint density at radius 1 is 1.14 bits per heavy atom. The highest BCUT2D eigenvalue weighted by Gasteiger charge is 2.16. The molecule has 5 nitrogen and oxygen atoms in total. The number of nitrogen functional groups attached to an aromatic ring is 1. The number of anilines is 1. The van der Waals surface area contributed by atoms with Gasteiger partial charge in [0.25, 0.3) is 0 Å². The number of nitrogens with two attached hydrogens (primary N) is 1. The zero-order chi connectivity index (χ0) is 14.4. The minimum atomic E-state index is -0.459. The average Bonchev–Trinajstić information content (AvgIpc) is 2.90. The second-order valence-electron chi connectivity index (χ2n) is 4.80. The van der Waals surface area contributed by atoms with E-state index in [1.165, 1.54) is 6.07 Å². The summed E-state index contributed by atoms with van der Waals surface area (Å²) in [6.45, 7) is 1.04. The van der Waals surface area contributed by atoms with Crippen LogP contribution >= 0.6 is 0 Å². The molecule has 2 heterocycles. The van der Waals surface area contributed by atoms with Crippen molar-refractivity contribution in [2.45, 2.75) is 0 Å². The first-order valence-electron chi connectivity index (χ1n) is 6.56. The van der Waals surface area contributed by atoms with Gasteiger partial charge < -0.3 is 20.2 Å². The van der Waals surface area contributed by atoms with Gasteiger partial charge in [-0.2, -0.15) is 0 Å². The summed E-state index contributed by atoms with van der Waals surface area (Å²) in [7, 11) is 0. The number of para-hydroxylation sites is 1. The van der Waals surface area contributed by atoms with Crippen molar-refractivity contribution in [3.8, 4) is 22.9 Å². The molecule has 0 saturated carbocycles. The number of fused-ring (bicyclic) bond motifs is 2. The minimum absolute atomic E-state index is 0.0776. The van der Waals surface area contributed by atoms with Crippen molar-refractivity contribution < 1.29 is 13.9 Å². The van der Waals surface area contributed by atoms with Crippen LogP contribution in [0.4, 0.5) is 10.1 Å². The number of halogens is 1. The highest BCUT2D eigenvalue weighted by atomic mass is 19.1. The van der Waals surface area contributed by atoms with Gasteiger partial charge >= 0.3 is 0 Å². The Balaban J connectivity index is 1.89. The zero-order valence-electron chi connectivity index (χ0n) is 11.0. The number of nitrogens with one attached hydrogen (secondary N) is 1. The van der Waals surface area contributed by atoms with Crippen LogP contribution in [0.25, 0.3) is 22.4 Å². The van der Waals surface area contributed by atoms with Crippen LogP contribution in [0.1, 0.15) is 0 Å². The molecule has 0 fully saturated rings. The molecule has 2 aromatic carbocycles. The SMILES string of the molecule is Nc1c(F)cccc1-c1nc2cc3c(cc2[nH]1)OCCO3. The molecule has 0 amide bonds. The van der Waals surface area contributed by atoms with Gasteiger partial charge in [-0.3, -0.25) is 0 Å². The van der Waals surface area contributed by atoms with E-state index in [2.05, 4.69) is 9.97 Å². The van der Waals surface area contributed by atoms with Gasteiger partial charge in [-0.05, 0) is 12.1 Å². The molecule has 0 spiro atoms. The van der Waals surface area contributed by atoms with Gasteiger partial charge in [0.15, 0.2) is 11.5 Å². The number of hydrogen-bond acceptors (Lipinski definition) is 4.